The van der Waals surface area contributed by atoms with Crippen molar-refractivity contribution in [2.24, 2.45) is 5.41 Å². The zero-order chi connectivity index (χ0) is 13.4. The van der Waals surface area contributed by atoms with E-state index in [0.29, 0.717) is 18.9 Å². The van der Waals surface area contributed by atoms with E-state index >= 15 is 0 Å². The predicted molar refractivity (Wildman–Crippen MR) is 71.0 cm³/mol. The van der Waals surface area contributed by atoms with Crippen LogP contribution in [0.5, 0.6) is 0 Å². The number of amides is 1. The van der Waals surface area contributed by atoms with E-state index in [0.717, 1.165) is 32.1 Å². The Bertz CT molecular complexity index is 295. The van der Waals surface area contributed by atoms with E-state index in [1.54, 1.807) is 0 Å². The van der Waals surface area contributed by atoms with Gasteiger partial charge in [-0.25, -0.2) is 0 Å². The summed E-state index contributed by atoms with van der Waals surface area (Å²) in [4.78, 5) is 11.9. The third kappa shape index (κ3) is 4.02. The van der Waals surface area contributed by atoms with Gasteiger partial charge in [0.25, 0.3) is 5.91 Å². The maximum absolute atomic E-state index is 11.9. The van der Waals surface area contributed by atoms with Crippen molar-refractivity contribution in [2.45, 2.75) is 46.0 Å². The maximum atomic E-state index is 11.9. The third-order valence-corrected chi connectivity index (χ3v) is 3.93. The molecule has 0 unspecified atom stereocenters. The first kappa shape index (κ1) is 15.0. The van der Waals surface area contributed by atoms with Crippen LogP contribution in [0, 0.1) is 5.41 Å². The SMILES string of the molecule is CCC(CC)(CCO)CNC(=O)C1=CCCCO1. The van der Waals surface area contributed by atoms with Gasteiger partial charge in [-0.2, -0.15) is 0 Å². The van der Waals surface area contributed by atoms with Crippen molar-refractivity contribution in [3.63, 3.8) is 0 Å². The highest BCUT2D eigenvalue weighted by molar-refractivity contribution is 5.91. The topological polar surface area (TPSA) is 58.6 Å². The molecule has 4 heteroatoms. The van der Waals surface area contributed by atoms with Crippen LogP contribution in [-0.2, 0) is 9.53 Å². The van der Waals surface area contributed by atoms with Gasteiger partial charge in [0.15, 0.2) is 5.76 Å². The van der Waals surface area contributed by atoms with Crippen molar-refractivity contribution in [2.75, 3.05) is 19.8 Å². The van der Waals surface area contributed by atoms with Gasteiger partial charge in [0.05, 0.1) is 6.61 Å². The molecule has 4 nitrogen and oxygen atoms in total. The summed E-state index contributed by atoms with van der Waals surface area (Å²) >= 11 is 0. The number of aliphatic hydroxyl groups is 1. The van der Waals surface area contributed by atoms with Crippen LogP contribution in [0.25, 0.3) is 0 Å². The van der Waals surface area contributed by atoms with Crippen molar-refractivity contribution >= 4 is 5.91 Å². The molecule has 104 valence electrons. The predicted octanol–water partition coefficient (Wildman–Crippen LogP) is 1.99. The molecule has 1 rings (SSSR count). The van der Waals surface area contributed by atoms with Gasteiger partial charge in [-0.05, 0) is 43.6 Å². The van der Waals surface area contributed by atoms with Crippen molar-refractivity contribution in [3.05, 3.63) is 11.8 Å². The maximum Gasteiger partial charge on any atom is 0.286 e. The molecule has 0 saturated heterocycles. The second kappa shape index (κ2) is 7.41. The molecule has 0 aromatic heterocycles. The molecule has 0 aromatic rings. The lowest BCUT2D eigenvalue weighted by atomic mass is 9.79. The Morgan fingerprint density at radius 3 is 2.72 bits per heavy atom. The molecular weight excluding hydrogens is 230 g/mol. The van der Waals surface area contributed by atoms with E-state index in [9.17, 15) is 4.79 Å². The van der Waals surface area contributed by atoms with Crippen molar-refractivity contribution < 1.29 is 14.6 Å². The molecular formula is C14H25NO3. The third-order valence-electron chi connectivity index (χ3n) is 3.93. The van der Waals surface area contributed by atoms with Gasteiger partial charge in [-0.3, -0.25) is 4.79 Å². The quantitative estimate of drug-likeness (QED) is 0.731. The molecule has 0 radical (unpaired) electrons. The van der Waals surface area contributed by atoms with Crippen LogP contribution in [-0.4, -0.2) is 30.8 Å². The summed E-state index contributed by atoms with van der Waals surface area (Å²) in [6.07, 6.45) is 6.36. The van der Waals surface area contributed by atoms with Gasteiger partial charge < -0.3 is 15.2 Å². The summed E-state index contributed by atoms with van der Waals surface area (Å²) < 4.78 is 5.33. The molecule has 0 atom stereocenters. The van der Waals surface area contributed by atoms with Crippen LogP contribution in [0.1, 0.15) is 46.0 Å². The molecule has 0 aliphatic carbocycles. The van der Waals surface area contributed by atoms with Crippen LogP contribution in [0.2, 0.25) is 0 Å². The fourth-order valence-electron chi connectivity index (χ4n) is 2.25. The zero-order valence-corrected chi connectivity index (χ0v) is 11.5. The number of ether oxygens (including phenoxy) is 1. The normalized spacial score (nSPS) is 15.8. The zero-order valence-electron chi connectivity index (χ0n) is 11.5. The van der Waals surface area contributed by atoms with Crippen molar-refractivity contribution in [1.82, 2.24) is 5.32 Å². The average Bonchev–Trinajstić information content (AvgIpc) is 2.44. The van der Waals surface area contributed by atoms with E-state index < -0.39 is 0 Å². The van der Waals surface area contributed by atoms with E-state index in [4.69, 9.17) is 9.84 Å². The van der Waals surface area contributed by atoms with Gasteiger partial charge in [-0.15, -0.1) is 0 Å². The molecule has 1 aliphatic rings. The highest BCUT2D eigenvalue weighted by Crippen LogP contribution is 2.29. The molecule has 2 N–H and O–H groups in total. The lowest BCUT2D eigenvalue weighted by Gasteiger charge is -2.31. The molecule has 0 bridgehead atoms. The van der Waals surface area contributed by atoms with Crippen LogP contribution in [0.4, 0.5) is 0 Å². The molecule has 0 fully saturated rings. The lowest BCUT2D eigenvalue weighted by molar-refractivity contribution is -0.121. The summed E-state index contributed by atoms with van der Waals surface area (Å²) in [5, 5.41) is 12.1. The molecule has 1 heterocycles. The Hall–Kier alpha value is -1.03. The summed E-state index contributed by atoms with van der Waals surface area (Å²) in [6, 6.07) is 0. The van der Waals surface area contributed by atoms with Gasteiger partial charge in [0.2, 0.25) is 0 Å². The Morgan fingerprint density at radius 2 is 2.22 bits per heavy atom. The fraction of sp³-hybridized carbons (Fsp3) is 0.786. The number of rotatable bonds is 7. The van der Waals surface area contributed by atoms with Crippen LogP contribution in [0.3, 0.4) is 0 Å². The molecule has 0 saturated carbocycles. The standard InChI is InChI=1S/C14H25NO3/c1-3-14(4-2,8-9-16)11-15-13(17)12-7-5-6-10-18-12/h7,16H,3-6,8-11H2,1-2H3,(H,15,17). The monoisotopic (exact) mass is 255 g/mol. The smallest absolute Gasteiger partial charge is 0.286 e. The van der Waals surface area contributed by atoms with Crippen molar-refractivity contribution in [1.29, 1.82) is 0 Å². The van der Waals surface area contributed by atoms with E-state index in [-0.39, 0.29) is 17.9 Å². The lowest BCUT2D eigenvalue weighted by Crippen LogP contribution is -2.38. The minimum atomic E-state index is -0.126. The highest BCUT2D eigenvalue weighted by atomic mass is 16.5. The average molecular weight is 255 g/mol. The summed E-state index contributed by atoms with van der Waals surface area (Å²) in [5.41, 5.74) is -0.000360. The summed E-state index contributed by atoms with van der Waals surface area (Å²) in [5.74, 6) is 0.324. The molecule has 1 aliphatic heterocycles. The number of carbonyl (C=O) groups is 1. The van der Waals surface area contributed by atoms with Crippen molar-refractivity contribution in [3.8, 4) is 0 Å². The molecule has 0 spiro atoms. The molecule has 0 aromatic carbocycles. The number of nitrogens with one attached hydrogen (secondary N) is 1. The Labute approximate surface area is 109 Å². The number of allylic oxidation sites excluding steroid dienone is 1. The van der Waals surface area contributed by atoms with Crippen LogP contribution in [0.15, 0.2) is 11.8 Å². The Balaban J connectivity index is 2.51. The fourth-order valence-corrected chi connectivity index (χ4v) is 2.25. The number of carbonyl (C=O) groups excluding carboxylic acids is 1. The number of aliphatic hydroxyl groups excluding tert-OH is 1. The van der Waals surface area contributed by atoms with E-state index in [2.05, 4.69) is 19.2 Å². The minimum Gasteiger partial charge on any atom is -0.488 e. The number of hydrogen-bond donors (Lipinski definition) is 2. The van der Waals surface area contributed by atoms with Crippen LogP contribution < -0.4 is 5.32 Å². The Morgan fingerprint density at radius 1 is 1.50 bits per heavy atom. The summed E-state index contributed by atoms with van der Waals surface area (Å²) in [7, 11) is 0. The first-order chi connectivity index (χ1) is 8.67. The van der Waals surface area contributed by atoms with Gasteiger partial charge in [0.1, 0.15) is 0 Å². The minimum absolute atomic E-state index is 0.000360. The second-order valence-electron chi connectivity index (χ2n) is 4.92. The Kier molecular flexibility index (Phi) is 6.19. The summed E-state index contributed by atoms with van der Waals surface area (Å²) in [6.45, 7) is 5.59. The first-order valence-corrected chi connectivity index (χ1v) is 6.89. The van der Waals surface area contributed by atoms with Gasteiger partial charge in [0, 0.05) is 13.2 Å². The van der Waals surface area contributed by atoms with Gasteiger partial charge >= 0.3 is 0 Å². The van der Waals surface area contributed by atoms with E-state index in [1.807, 2.05) is 6.08 Å². The number of hydrogen-bond acceptors (Lipinski definition) is 3. The molecule has 1 amide bonds. The second-order valence-corrected chi connectivity index (χ2v) is 4.92. The van der Waals surface area contributed by atoms with Gasteiger partial charge in [-0.1, -0.05) is 13.8 Å². The van der Waals surface area contributed by atoms with E-state index in [1.165, 1.54) is 0 Å². The highest BCUT2D eigenvalue weighted by Gasteiger charge is 2.27. The van der Waals surface area contributed by atoms with Crippen LogP contribution >= 0.6 is 0 Å². The first-order valence-electron chi connectivity index (χ1n) is 6.89. The largest absolute Gasteiger partial charge is 0.488 e. The molecule has 18 heavy (non-hydrogen) atoms.